The fourth-order valence-electron chi connectivity index (χ4n) is 1.84. The lowest BCUT2D eigenvalue weighted by molar-refractivity contribution is 0.483. The summed E-state index contributed by atoms with van der Waals surface area (Å²) in [6.45, 7) is 0. The minimum Gasteiger partial charge on any atom is -0.378 e. The van der Waals surface area contributed by atoms with E-state index in [1.807, 2.05) is 31.1 Å². The number of azo groups is 1. The summed E-state index contributed by atoms with van der Waals surface area (Å²) in [6, 6.07) is 11.2. The van der Waals surface area contributed by atoms with Crippen molar-refractivity contribution in [3.8, 4) is 0 Å². The molecule has 0 spiro atoms. The van der Waals surface area contributed by atoms with Gasteiger partial charge in [-0.3, -0.25) is 4.55 Å². The molecule has 0 amide bonds. The van der Waals surface area contributed by atoms with Crippen molar-refractivity contribution in [3.05, 3.63) is 42.5 Å². The molecule has 2 aromatic rings. The second kappa shape index (κ2) is 7.41. The zero-order chi connectivity index (χ0) is 17.7. The molecule has 24 heavy (non-hydrogen) atoms. The topological polar surface area (TPSA) is 94.7 Å². The number of nitrogens with zero attached hydrogens (tertiary/aromatic N) is 4. The third-order valence-corrected chi connectivity index (χ3v) is 4.01. The van der Waals surface area contributed by atoms with E-state index in [1.54, 1.807) is 12.1 Å². The van der Waals surface area contributed by atoms with Crippen molar-refractivity contribution < 1.29 is 13.0 Å². The number of hydrogen-bond donors (Lipinski definition) is 1. The molecular formula is C15H14N4O3S2. The molecule has 0 saturated heterocycles. The van der Waals surface area contributed by atoms with Crippen LogP contribution < -0.4 is 4.90 Å². The van der Waals surface area contributed by atoms with Crippen molar-refractivity contribution in [1.82, 2.24) is 0 Å². The van der Waals surface area contributed by atoms with Gasteiger partial charge in [0.15, 0.2) is 0 Å². The monoisotopic (exact) mass is 362 g/mol. The van der Waals surface area contributed by atoms with Crippen molar-refractivity contribution in [2.75, 3.05) is 19.0 Å². The first-order chi connectivity index (χ1) is 11.3. The highest BCUT2D eigenvalue weighted by atomic mass is 32.2. The summed E-state index contributed by atoms with van der Waals surface area (Å²) in [7, 11) is -0.647. The Kier molecular flexibility index (Phi) is 5.53. The molecule has 0 aliphatic heterocycles. The van der Waals surface area contributed by atoms with Crippen LogP contribution in [0.1, 0.15) is 0 Å². The van der Waals surface area contributed by atoms with Gasteiger partial charge in [0.05, 0.1) is 16.5 Å². The molecule has 124 valence electrons. The largest absolute Gasteiger partial charge is 0.378 e. The van der Waals surface area contributed by atoms with Gasteiger partial charge in [-0.1, -0.05) is 0 Å². The van der Waals surface area contributed by atoms with Gasteiger partial charge in [-0.25, -0.2) is 0 Å². The molecule has 2 aromatic carbocycles. The quantitative estimate of drug-likeness (QED) is 0.373. The summed E-state index contributed by atoms with van der Waals surface area (Å²) in [6.07, 6.45) is 0. The fraction of sp³-hybridized carbons (Fsp3) is 0.133. The third-order valence-electron chi connectivity index (χ3n) is 3.04. The van der Waals surface area contributed by atoms with Gasteiger partial charge in [0.2, 0.25) is 0 Å². The predicted molar refractivity (Wildman–Crippen MR) is 95.9 cm³/mol. The molecule has 0 aliphatic rings. The number of anilines is 1. The van der Waals surface area contributed by atoms with Gasteiger partial charge in [0.25, 0.3) is 10.1 Å². The van der Waals surface area contributed by atoms with Crippen LogP contribution in [-0.4, -0.2) is 32.2 Å². The molecular weight excluding hydrogens is 348 g/mol. The molecule has 0 atom stereocenters. The molecule has 0 radical (unpaired) electrons. The molecule has 0 saturated carbocycles. The summed E-state index contributed by atoms with van der Waals surface area (Å²) in [5.74, 6) is 0. The molecule has 7 nitrogen and oxygen atoms in total. The normalized spacial score (nSPS) is 11.3. The van der Waals surface area contributed by atoms with E-state index < -0.39 is 15.0 Å². The van der Waals surface area contributed by atoms with Gasteiger partial charge < -0.3 is 4.90 Å². The van der Waals surface area contributed by atoms with Gasteiger partial charge >= 0.3 is 0 Å². The van der Waals surface area contributed by atoms with Gasteiger partial charge in [-0.15, -0.1) is 5.11 Å². The summed E-state index contributed by atoms with van der Waals surface area (Å²) in [4.78, 5) is 5.22. The van der Waals surface area contributed by atoms with Crippen LogP contribution in [0.2, 0.25) is 0 Å². The molecule has 0 aliphatic carbocycles. The van der Waals surface area contributed by atoms with E-state index in [-0.39, 0.29) is 11.4 Å². The average molecular weight is 362 g/mol. The van der Waals surface area contributed by atoms with Crippen molar-refractivity contribution in [2.24, 2.45) is 15.2 Å². The van der Waals surface area contributed by atoms with E-state index in [1.165, 1.54) is 12.1 Å². The number of aliphatic imine (C=N–C) groups is 1. The van der Waals surface area contributed by atoms with Crippen LogP contribution in [-0.2, 0) is 10.1 Å². The maximum Gasteiger partial charge on any atom is 0.296 e. The second-order valence-corrected chi connectivity index (χ2v) is 6.51. The number of thiocarbonyl (C=S) groups is 1. The molecule has 0 heterocycles. The first-order valence-corrected chi connectivity index (χ1v) is 8.54. The van der Waals surface area contributed by atoms with Gasteiger partial charge in [-0.2, -0.15) is 18.5 Å². The molecule has 1 N–H and O–H groups in total. The number of benzene rings is 2. The fourth-order valence-corrected chi connectivity index (χ4v) is 2.59. The molecule has 0 bridgehead atoms. The van der Waals surface area contributed by atoms with E-state index in [0.29, 0.717) is 5.69 Å². The van der Waals surface area contributed by atoms with E-state index >= 15 is 0 Å². The Balaban J connectivity index is 2.39. The lowest BCUT2D eigenvalue weighted by Gasteiger charge is -2.11. The first kappa shape index (κ1) is 17.9. The van der Waals surface area contributed by atoms with Crippen LogP contribution >= 0.6 is 12.2 Å². The zero-order valence-electron chi connectivity index (χ0n) is 12.9. The highest BCUT2D eigenvalue weighted by Gasteiger charge is 2.16. The molecule has 0 aromatic heterocycles. The van der Waals surface area contributed by atoms with E-state index in [2.05, 4.69) is 32.6 Å². The third kappa shape index (κ3) is 4.53. The Morgan fingerprint density at radius 1 is 1.04 bits per heavy atom. The van der Waals surface area contributed by atoms with E-state index in [0.717, 1.165) is 11.8 Å². The van der Waals surface area contributed by atoms with Gasteiger partial charge in [0, 0.05) is 19.8 Å². The van der Waals surface area contributed by atoms with Crippen LogP contribution in [0.5, 0.6) is 0 Å². The Morgan fingerprint density at radius 3 is 2.21 bits per heavy atom. The lowest BCUT2D eigenvalue weighted by atomic mass is 10.3. The van der Waals surface area contributed by atoms with Crippen molar-refractivity contribution >= 4 is 50.2 Å². The predicted octanol–water partition coefficient (Wildman–Crippen LogP) is 4.15. The van der Waals surface area contributed by atoms with Crippen LogP contribution in [0.25, 0.3) is 0 Å². The average Bonchev–Trinajstić information content (AvgIpc) is 2.53. The van der Waals surface area contributed by atoms with Gasteiger partial charge in [0.1, 0.15) is 10.6 Å². The van der Waals surface area contributed by atoms with Crippen molar-refractivity contribution in [3.63, 3.8) is 0 Å². The summed E-state index contributed by atoms with van der Waals surface area (Å²) < 4.78 is 32.3. The Hall–Kier alpha value is -2.45. The smallest absolute Gasteiger partial charge is 0.296 e. The van der Waals surface area contributed by atoms with Crippen LogP contribution in [0.4, 0.5) is 22.7 Å². The minimum absolute atomic E-state index is 0.00231. The van der Waals surface area contributed by atoms with E-state index in [4.69, 9.17) is 0 Å². The van der Waals surface area contributed by atoms with Crippen molar-refractivity contribution in [2.45, 2.75) is 4.90 Å². The number of hydrogen-bond acceptors (Lipinski definition) is 7. The number of rotatable bonds is 5. The Bertz CT molecular complexity index is 916. The lowest BCUT2D eigenvalue weighted by Crippen LogP contribution is -2.07. The Morgan fingerprint density at radius 2 is 1.67 bits per heavy atom. The molecule has 0 fully saturated rings. The first-order valence-electron chi connectivity index (χ1n) is 6.70. The maximum atomic E-state index is 11.5. The van der Waals surface area contributed by atoms with Crippen LogP contribution in [0.15, 0.2) is 62.6 Å². The second-order valence-electron chi connectivity index (χ2n) is 4.94. The Labute approximate surface area is 145 Å². The minimum atomic E-state index is -4.48. The van der Waals surface area contributed by atoms with Crippen LogP contribution in [0.3, 0.4) is 0 Å². The molecule has 0 unspecified atom stereocenters. The van der Waals surface area contributed by atoms with Gasteiger partial charge in [-0.05, 0) is 54.7 Å². The molecule has 9 heteroatoms. The van der Waals surface area contributed by atoms with Crippen molar-refractivity contribution in [1.29, 1.82) is 0 Å². The summed E-state index contributed by atoms with van der Waals surface area (Å²) >= 11 is 4.47. The summed E-state index contributed by atoms with van der Waals surface area (Å²) in [5, 5.41) is 10.0. The highest BCUT2D eigenvalue weighted by Crippen LogP contribution is 2.30. The number of isothiocyanates is 1. The SMILES string of the molecule is CN(C)c1ccc(N=Nc2ccc(N=C=S)cc2S(=O)(=O)O)cc1. The highest BCUT2D eigenvalue weighted by molar-refractivity contribution is 7.86. The molecule has 2 rings (SSSR count). The van der Waals surface area contributed by atoms with Crippen LogP contribution in [0, 0.1) is 0 Å². The van der Waals surface area contributed by atoms with E-state index in [9.17, 15) is 13.0 Å². The standard InChI is InChI=1S/C15H14N4O3S2/c1-19(2)13-6-3-11(4-7-13)17-18-14-8-5-12(16-10-23)9-15(14)24(20,21)22/h3-9H,1-2H3,(H,20,21,22). The maximum absolute atomic E-state index is 11.5. The summed E-state index contributed by atoms with van der Waals surface area (Å²) in [5.41, 5.74) is 1.78. The zero-order valence-corrected chi connectivity index (χ0v) is 14.5.